The Kier molecular flexibility index (Phi) is 4.36. The Morgan fingerprint density at radius 2 is 2.22 bits per heavy atom. The maximum atomic E-state index is 5.21. The number of nitrogens with zero attached hydrogens (tertiary/aromatic N) is 2. The first-order chi connectivity index (χ1) is 8.83. The third kappa shape index (κ3) is 3.11. The first-order valence-corrected chi connectivity index (χ1v) is 6.23. The van der Waals surface area contributed by atoms with Crippen molar-refractivity contribution in [1.29, 1.82) is 0 Å². The van der Waals surface area contributed by atoms with E-state index >= 15 is 0 Å². The van der Waals surface area contributed by atoms with Crippen LogP contribution in [-0.4, -0.2) is 23.4 Å². The average molecular weight is 245 g/mol. The molecule has 18 heavy (non-hydrogen) atoms. The van der Waals surface area contributed by atoms with Crippen LogP contribution >= 0.6 is 0 Å². The summed E-state index contributed by atoms with van der Waals surface area (Å²) in [6, 6.07) is 9.90. The van der Waals surface area contributed by atoms with Gasteiger partial charge in [-0.15, -0.1) is 0 Å². The van der Waals surface area contributed by atoms with Crippen molar-refractivity contribution >= 4 is 0 Å². The normalized spacial score (nSPS) is 10.6. The number of methoxy groups -OCH3 is 1. The lowest BCUT2D eigenvalue weighted by molar-refractivity contribution is 0.414. The lowest BCUT2D eigenvalue weighted by atomic mass is 10.3. The molecule has 1 heterocycles. The maximum absolute atomic E-state index is 5.21. The van der Waals surface area contributed by atoms with Crippen LogP contribution in [0, 0.1) is 0 Å². The van der Waals surface area contributed by atoms with Crippen LogP contribution in [0.2, 0.25) is 0 Å². The van der Waals surface area contributed by atoms with Gasteiger partial charge in [-0.3, -0.25) is 0 Å². The van der Waals surface area contributed by atoms with E-state index in [1.54, 1.807) is 7.11 Å². The summed E-state index contributed by atoms with van der Waals surface area (Å²) in [5, 5.41) is 7.86. The molecular formula is C14H19N3O. The second-order valence-electron chi connectivity index (χ2n) is 4.13. The van der Waals surface area contributed by atoms with Crippen LogP contribution in [0.3, 0.4) is 0 Å². The maximum Gasteiger partial charge on any atom is 0.121 e. The van der Waals surface area contributed by atoms with Gasteiger partial charge >= 0.3 is 0 Å². The monoisotopic (exact) mass is 245 g/mol. The third-order valence-corrected chi connectivity index (χ3v) is 2.70. The van der Waals surface area contributed by atoms with Gasteiger partial charge in [0, 0.05) is 18.8 Å². The van der Waals surface area contributed by atoms with Crippen molar-refractivity contribution in [3.05, 3.63) is 42.2 Å². The summed E-state index contributed by atoms with van der Waals surface area (Å²) >= 11 is 0. The molecule has 2 aromatic rings. The summed E-state index contributed by atoms with van der Waals surface area (Å²) in [6.45, 7) is 3.98. The molecule has 0 unspecified atom stereocenters. The molecule has 0 aliphatic carbocycles. The third-order valence-electron chi connectivity index (χ3n) is 2.70. The highest BCUT2D eigenvalue weighted by Gasteiger charge is 2.02. The predicted octanol–water partition coefficient (Wildman–Crippen LogP) is 2.38. The smallest absolute Gasteiger partial charge is 0.121 e. The number of aromatic nitrogens is 2. The fraction of sp³-hybridized carbons (Fsp3) is 0.357. The minimum atomic E-state index is 0.810. The molecule has 0 aliphatic rings. The summed E-state index contributed by atoms with van der Waals surface area (Å²) in [7, 11) is 1.67. The summed E-state index contributed by atoms with van der Waals surface area (Å²) in [6.07, 6.45) is 3.11. The van der Waals surface area contributed by atoms with E-state index in [2.05, 4.69) is 17.3 Å². The number of ether oxygens (including phenoxy) is 1. The summed E-state index contributed by atoms with van der Waals surface area (Å²) in [4.78, 5) is 0. The number of rotatable bonds is 6. The fourth-order valence-electron chi connectivity index (χ4n) is 1.75. The predicted molar refractivity (Wildman–Crippen MR) is 72.1 cm³/mol. The molecule has 1 aromatic carbocycles. The standard InChI is InChI=1S/C14H19N3O/c1-3-8-15-11-12-7-9-17(16-12)13-5-4-6-14(10-13)18-2/h4-7,9-10,15H,3,8,11H2,1-2H3. The Morgan fingerprint density at radius 1 is 1.33 bits per heavy atom. The zero-order chi connectivity index (χ0) is 12.8. The largest absolute Gasteiger partial charge is 0.497 e. The molecule has 0 fully saturated rings. The van der Waals surface area contributed by atoms with Crippen LogP contribution in [0.5, 0.6) is 5.75 Å². The fourth-order valence-corrected chi connectivity index (χ4v) is 1.75. The average Bonchev–Trinajstić information content (AvgIpc) is 2.88. The minimum Gasteiger partial charge on any atom is -0.497 e. The Balaban J connectivity index is 2.08. The summed E-state index contributed by atoms with van der Waals surface area (Å²) < 4.78 is 7.08. The first kappa shape index (κ1) is 12.6. The van der Waals surface area contributed by atoms with Crippen molar-refractivity contribution in [1.82, 2.24) is 15.1 Å². The number of nitrogens with one attached hydrogen (secondary N) is 1. The van der Waals surface area contributed by atoms with Crippen LogP contribution in [0.25, 0.3) is 5.69 Å². The Bertz CT molecular complexity index is 493. The lowest BCUT2D eigenvalue weighted by Crippen LogP contribution is -2.14. The van der Waals surface area contributed by atoms with E-state index in [1.165, 1.54) is 0 Å². The highest BCUT2D eigenvalue weighted by molar-refractivity contribution is 5.38. The zero-order valence-corrected chi connectivity index (χ0v) is 10.9. The first-order valence-electron chi connectivity index (χ1n) is 6.23. The van der Waals surface area contributed by atoms with E-state index in [1.807, 2.05) is 41.2 Å². The molecule has 0 aliphatic heterocycles. The van der Waals surface area contributed by atoms with Gasteiger partial charge in [0.1, 0.15) is 5.75 Å². The van der Waals surface area contributed by atoms with Crippen molar-refractivity contribution in [2.75, 3.05) is 13.7 Å². The quantitative estimate of drug-likeness (QED) is 0.794. The summed E-state index contributed by atoms with van der Waals surface area (Å²) in [5.41, 5.74) is 2.06. The van der Waals surface area contributed by atoms with Gasteiger partial charge in [-0.25, -0.2) is 4.68 Å². The van der Waals surface area contributed by atoms with Crippen molar-refractivity contribution in [2.24, 2.45) is 0 Å². The minimum absolute atomic E-state index is 0.810. The van der Waals surface area contributed by atoms with E-state index in [4.69, 9.17) is 4.74 Å². The topological polar surface area (TPSA) is 39.1 Å². The van der Waals surface area contributed by atoms with E-state index in [0.29, 0.717) is 0 Å². The molecule has 4 nitrogen and oxygen atoms in total. The zero-order valence-electron chi connectivity index (χ0n) is 10.9. The van der Waals surface area contributed by atoms with E-state index in [-0.39, 0.29) is 0 Å². The molecule has 1 N–H and O–H groups in total. The van der Waals surface area contributed by atoms with Gasteiger partial charge in [0.05, 0.1) is 18.5 Å². The number of hydrogen-bond donors (Lipinski definition) is 1. The van der Waals surface area contributed by atoms with Gasteiger partial charge in [0.25, 0.3) is 0 Å². The molecule has 0 radical (unpaired) electrons. The van der Waals surface area contributed by atoms with Crippen molar-refractivity contribution in [3.8, 4) is 11.4 Å². The molecule has 0 spiro atoms. The molecule has 0 bridgehead atoms. The van der Waals surface area contributed by atoms with Crippen molar-refractivity contribution < 1.29 is 4.74 Å². The molecule has 0 amide bonds. The Hall–Kier alpha value is -1.81. The van der Waals surface area contributed by atoms with Gasteiger partial charge in [0.2, 0.25) is 0 Å². The van der Waals surface area contributed by atoms with Crippen molar-refractivity contribution in [2.45, 2.75) is 19.9 Å². The van der Waals surface area contributed by atoms with Crippen molar-refractivity contribution in [3.63, 3.8) is 0 Å². The highest BCUT2D eigenvalue weighted by Crippen LogP contribution is 2.15. The SMILES string of the molecule is CCCNCc1ccn(-c2cccc(OC)c2)n1. The summed E-state index contributed by atoms with van der Waals surface area (Å²) in [5.74, 6) is 0.841. The molecule has 96 valence electrons. The molecule has 4 heteroatoms. The Labute approximate surface area is 108 Å². The van der Waals surface area contributed by atoms with Gasteiger partial charge in [0.15, 0.2) is 0 Å². The van der Waals surface area contributed by atoms with Crippen LogP contribution in [0.4, 0.5) is 0 Å². The van der Waals surface area contributed by atoms with Crippen LogP contribution in [0.15, 0.2) is 36.5 Å². The van der Waals surface area contributed by atoms with Gasteiger partial charge in [-0.1, -0.05) is 13.0 Å². The van der Waals surface area contributed by atoms with Crippen LogP contribution < -0.4 is 10.1 Å². The highest BCUT2D eigenvalue weighted by atomic mass is 16.5. The van der Waals surface area contributed by atoms with Gasteiger partial charge in [-0.05, 0) is 31.2 Å². The number of hydrogen-bond acceptors (Lipinski definition) is 3. The molecule has 0 saturated carbocycles. The second kappa shape index (κ2) is 6.21. The van der Waals surface area contributed by atoms with Crippen LogP contribution in [-0.2, 0) is 6.54 Å². The van der Waals surface area contributed by atoms with Crippen LogP contribution in [0.1, 0.15) is 19.0 Å². The van der Waals surface area contributed by atoms with Gasteiger partial charge in [-0.2, -0.15) is 5.10 Å². The molecule has 1 aromatic heterocycles. The van der Waals surface area contributed by atoms with E-state index in [0.717, 1.165) is 36.6 Å². The molecule has 0 atom stereocenters. The molecule has 2 rings (SSSR count). The van der Waals surface area contributed by atoms with E-state index < -0.39 is 0 Å². The van der Waals surface area contributed by atoms with E-state index in [9.17, 15) is 0 Å². The Morgan fingerprint density at radius 3 is 3.00 bits per heavy atom. The molecular weight excluding hydrogens is 226 g/mol. The lowest BCUT2D eigenvalue weighted by Gasteiger charge is -2.04. The molecule has 0 saturated heterocycles. The second-order valence-corrected chi connectivity index (χ2v) is 4.13. The van der Waals surface area contributed by atoms with Gasteiger partial charge < -0.3 is 10.1 Å². The number of benzene rings is 1.